The Kier molecular flexibility index (Phi) is 4.31. The molecule has 0 bridgehead atoms. The van der Waals surface area contributed by atoms with E-state index in [4.69, 9.17) is 16.9 Å². The monoisotopic (exact) mass is 287 g/mol. The molecule has 1 rings (SSSR count). The lowest BCUT2D eigenvalue weighted by Crippen LogP contribution is -1.89. The van der Waals surface area contributed by atoms with Crippen molar-refractivity contribution in [2.75, 3.05) is 0 Å². The predicted octanol–water partition coefficient (Wildman–Crippen LogP) is 4.47. The highest BCUT2D eigenvalue weighted by Crippen LogP contribution is 2.28. The van der Waals surface area contributed by atoms with Gasteiger partial charge < -0.3 is 0 Å². The SMILES string of the molecule is CCC(C#N)=C(Cl)c1ccc(Br)cc1F. The van der Waals surface area contributed by atoms with Gasteiger partial charge in [0.2, 0.25) is 0 Å². The molecule has 78 valence electrons. The van der Waals surface area contributed by atoms with Gasteiger partial charge in [-0.05, 0) is 24.6 Å². The van der Waals surface area contributed by atoms with Crippen molar-refractivity contribution < 1.29 is 4.39 Å². The summed E-state index contributed by atoms with van der Waals surface area (Å²) >= 11 is 9.08. The van der Waals surface area contributed by atoms with Crippen molar-refractivity contribution in [3.63, 3.8) is 0 Å². The smallest absolute Gasteiger partial charge is 0.133 e. The minimum atomic E-state index is -0.435. The maximum atomic E-state index is 13.5. The Balaban J connectivity index is 3.29. The van der Waals surface area contributed by atoms with E-state index < -0.39 is 5.82 Å². The van der Waals surface area contributed by atoms with Crippen molar-refractivity contribution in [3.8, 4) is 6.07 Å². The number of hydrogen-bond acceptors (Lipinski definition) is 1. The number of allylic oxidation sites excluding steroid dienone is 1. The van der Waals surface area contributed by atoms with E-state index >= 15 is 0 Å². The molecule has 0 spiro atoms. The lowest BCUT2D eigenvalue weighted by Gasteiger charge is -2.04. The lowest BCUT2D eigenvalue weighted by atomic mass is 10.1. The minimum absolute atomic E-state index is 0.185. The lowest BCUT2D eigenvalue weighted by molar-refractivity contribution is 0.623. The molecule has 0 saturated carbocycles. The average molecular weight is 289 g/mol. The normalized spacial score (nSPS) is 11.9. The molecule has 1 nitrogen and oxygen atoms in total. The molecular weight excluding hydrogens is 280 g/mol. The maximum Gasteiger partial charge on any atom is 0.133 e. The van der Waals surface area contributed by atoms with Gasteiger partial charge in [-0.15, -0.1) is 0 Å². The summed E-state index contributed by atoms with van der Waals surface area (Å²) in [5.74, 6) is -0.435. The Morgan fingerprint density at radius 3 is 2.73 bits per heavy atom. The molecule has 0 amide bonds. The highest BCUT2D eigenvalue weighted by molar-refractivity contribution is 9.10. The molecule has 1 aromatic rings. The number of rotatable bonds is 2. The van der Waals surface area contributed by atoms with Crippen LogP contribution in [0.3, 0.4) is 0 Å². The summed E-state index contributed by atoms with van der Waals surface area (Å²) in [6, 6.07) is 6.52. The van der Waals surface area contributed by atoms with Crippen LogP contribution in [-0.4, -0.2) is 0 Å². The molecule has 0 atom stereocenters. The van der Waals surface area contributed by atoms with Gasteiger partial charge in [0.15, 0.2) is 0 Å². The zero-order valence-electron chi connectivity index (χ0n) is 8.02. The van der Waals surface area contributed by atoms with Crippen molar-refractivity contribution in [1.29, 1.82) is 5.26 Å². The van der Waals surface area contributed by atoms with E-state index in [0.717, 1.165) is 0 Å². The van der Waals surface area contributed by atoms with Crippen LogP contribution in [0.2, 0.25) is 0 Å². The Morgan fingerprint density at radius 1 is 1.60 bits per heavy atom. The Bertz CT molecular complexity index is 448. The average Bonchev–Trinajstić information content (AvgIpc) is 2.19. The van der Waals surface area contributed by atoms with Crippen LogP contribution >= 0.6 is 27.5 Å². The van der Waals surface area contributed by atoms with Gasteiger partial charge in [-0.2, -0.15) is 5.26 Å². The van der Waals surface area contributed by atoms with Crippen LogP contribution in [0.15, 0.2) is 28.2 Å². The Morgan fingerprint density at radius 2 is 2.27 bits per heavy atom. The highest BCUT2D eigenvalue weighted by atomic mass is 79.9. The molecule has 15 heavy (non-hydrogen) atoms. The third kappa shape index (κ3) is 2.80. The third-order valence-electron chi connectivity index (χ3n) is 1.92. The Hall–Kier alpha value is -0.850. The van der Waals surface area contributed by atoms with Crippen LogP contribution in [-0.2, 0) is 0 Å². The third-order valence-corrected chi connectivity index (χ3v) is 2.85. The van der Waals surface area contributed by atoms with Crippen molar-refractivity contribution in [2.45, 2.75) is 13.3 Å². The van der Waals surface area contributed by atoms with Gasteiger partial charge in [0.05, 0.1) is 11.1 Å². The number of hydrogen-bond donors (Lipinski definition) is 0. The molecule has 1 aromatic carbocycles. The van der Waals surface area contributed by atoms with Crippen molar-refractivity contribution in [3.05, 3.63) is 39.6 Å². The molecule has 0 unspecified atom stereocenters. The second-order valence-corrected chi connectivity index (χ2v) is 4.18. The molecule has 0 saturated heterocycles. The van der Waals surface area contributed by atoms with E-state index in [1.807, 2.05) is 6.07 Å². The summed E-state index contributed by atoms with van der Waals surface area (Å²) in [5, 5.41) is 8.96. The van der Waals surface area contributed by atoms with Gasteiger partial charge in [0.25, 0.3) is 0 Å². The van der Waals surface area contributed by atoms with Crippen LogP contribution in [0.25, 0.3) is 5.03 Å². The van der Waals surface area contributed by atoms with E-state index in [9.17, 15) is 4.39 Å². The first-order chi connectivity index (χ1) is 7.10. The summed E-state index contributed by atoms with van der Waals surface area (Å²) in [6.45, 7) is 1.80. The van der Waals surface area contributed by atoms with Crippen LogP contribution in [0.4, 0.5) is 4.39 Å². The van der Waals surface area contributed by atoms with Crippen LogP contribution in [0.1, 0.15) is 18.9 Å². The summed E-state index contributed by atoms with van der Waals surface area (Å²) in [6.07, 6.45) is 0.491. The minimum Gasteiger partial charge on any atom is -0.206 e. The first-order valence-corrected chi connectivity index (χ1v) is 5.51. The topological polar surface area (TPSA) is 23.8 Å². The van der Waals surface area contributed by atoms with Gasteiger partial charge >= 0.3 is 0 Å². The second-order valence-electron chi connectivity index (χ2n) is 2.88. The first-order valence-electron chi connectivity index (χ1n) is 4.34. The fourth-order valence-electron chi connectivity index (χ4n) is 1.11. The summed E-state index contributed by atoms with van der Waals surface area (Å²) in [7, 11) is 0. The fourth-order valence-corrected chi connectivity index (χ4v) is 1.78. The number of benzene rings is 1. The number of halogens is 3. The predicted molar refractivity (Wildman–Crippen MR) is 62.8 cm³/mol. The largest absolute Gasteiger partial charge is 0.206 e. The van der Waals surface area contributed by atoms with E-state index in [0.29, 0.717) is 16.5 Å². The van der Waals surface area contributed by atoms with Gasteiger partial charge in [-0.1, -0.05) is 34.5 Å². The standard InChI is InChI=1S/C11H8BrClFN/c1-2-7(6-15)11(13)9-4-3-8(12)5-10(9)14/h3-5H,2H2,1H3. The maximum absolute atomic E-state index is 13.5. The Labute approximate surface area is 101 Å². The molecule has 0 heterocycles. The van der Waals surface area contributed by atoms with Crippen molar-refractivity contribution >= 4 is 32.6 Å². The van der Waals surface area contributed by atoms with Crippen molar-refractivity contribution in [2.24, 2.45) is 0 Å². The van der Waals surface area contributed by atoms with Gasteiger partial charge in [0, 0.05) is 15.6 Å². The quantitative estimate of drug-likeness (QED) is 0.737. The fraction of sp³-hybridized carbons (Fsp3) is 0.182. The molecule has 0 radical (unpaired) electrons. The van der Waals surface area contributed by atoms with E-state index in [2.05, 4.69) is 15.9 Å². The van der Waals surface area contributed by atoms with Crippen molar-refractivity contribution in [1.82, 2.24) is 0 Å². The second kappa shape index (κ2) is 5.29. The summed E-state index contributed by atoms with van der Waals surface area (Å²) in [4.78, 5) is 0. The first kappa shape index (κ1) is 12.2. The number of nitriles is 1. The highest BCUT2D eigenvalue weighted by Gasteiger charge is 2.10. The van der Waals surface area contributed by atoms with E-state index in [1.165, 1.54) is 6.07 Å². The van der Waals surface area contributed by atoms with Crippen LogP contribution in [0, 0.1) is 17.1 Å². The summed E-state index contributed by atoms with van der Waals surface area (Å²) in [5.41, 5.74) is 0.649. The van der Waals surface area contributed by atoms with E-state index in [1.54, 1.807) is 19.1 Å². The van der Waals surface area contributed by atoms with E-state index in [-0.39, 0.29) is 10.6 Å². The molecule has 4 heteroatoms. The van der Waals surface area contributed by atoms with Gasteiger partial charge in [-0.3, -0.25) is 0 Å². The van der Waals surface area contributed by atoms with Crippen LogP contribution < -0.4 is 0 Å². The van der Waals surface area contributed by atoms with Gasteiger partial charge in [0.1, 0.15) is 5.82 Å². The molecule has 0 aliphatic rings. The zero-order chi connectivity index (χ0) is 11.4. The number of nitrogens with zero attached hydrogens (tertiary/aromatic N) is 1. The molecule has 0 N–H and O–H groups in total. The van der Waals surface area contributed by atoms with Gasteiger partial charge in [-0.25, -0.2) is 4.39 Å². The molecule has 0 fully saturated rings. The summed E-state index contributed by atoms with van der Waals surface area (Å²) < 4.78 is 14.1. The zero-order valence-corrected chi connectivity index (χ0v) is 10.4. The molecule has 0 aromatic heterocycles. The molecule has 0 aliphatic carbocycles. The van der Waals surface area contributed by atoms with Crippen LogP contribution in [0.5, 0.6) is 0 Å². The molecule has 0 aliphatic heterocycles. The molecular formula is C11H8BrClFN.